The molecule has 0 unspecified atom stereocenters. The third-order valence-corrected chi connectivity index (χ3v) is 14.5. The summed E-state index contributed by atoms with van der Waals surface area (Å²) in [6, 6.07) is 4.45. The van der Waals surface area contributed by atoms with E-state index in [0.29, 0.717) is 18.4 Å². The molecule has 24 heteroatoms. The first-order valence-corrected chi connectivity index (χ1v) is 18.3. The Labute approximate surface area is 304 Å². The molecular formula is C31H38F17NO5Si. The van der Waals surface area contributed by atoms with Gasteiger partial charge in [-0.05, 0) is 54.1 Å². The van der Waals surface area contributed by atoms with Crippen molar-refractivity contribution >= 4 is 14.2 Å². The molecule has 1 aromatic rings. The van der Waals surface area contributed by atoms with Gasteiger partial charge in [-0.2, -0.15) is 74.6 Å². The van der Waals surface area contributed by atoms with E-state index in [1.54, 1.807) is 0 Å². The van der Waals surface area contributed by atoms with Gasteiger partial charge in [0, 0.05) is 12.5 Å². The van der Waals surface area contributed by atoms with Crippen LogP contribution in [0.5, 0.6) is 5.75 Å². The van der Waals surface area contributed by atoms with Crippen LogP contribution in [0.2, 0.25) is 17.1 Å². The Morgan fingerprint density at radius 2 is 1.18 bits per heavy atom. The van der Waals surface area contributed by atoms with Crippen LogP contribution in [0.15, 0.2) is 36.4 Å². The maximum atomic E-state index is 14.8. The Kier molecular flexibility index (Phi) is 16.2. The van der Waals surface area contributed by atoms with Crippen molar-refractivity contribution in [3.8, 4) is 5.75 Å². The van der Waals surface area contributed by atoms with E-state index >= 15 is 0 Å². The van der Waals surface area contributed by atoms with Crippen molar-refractivity contribution in [3.63, 3.8) is 0 Å². The number of rotatable bonds is 22. The smallest absolute Gasteiger partial charge is 0.460 e. The number of unbranched alkanes of at least 4 members (excludes halogenated alkanes) is 1. The summed E-state index contributed by atoms with van der Waals surface area (Å²) < 4.78 is 245. The molecule has 0 aromatic heterocycles. The number of aliphatic hydroxyl groups excluding tert-OH is 1. The van der Waals surface area contributed by atoms with Gasteiger partial charge in [-0.15, -0.1) is 0 Å². The van der Waals surface area contributed by atoms with E-state index in [0.717, 1.165) is 6.08 Å². The number of ether oxygens (including phenoxy) is 1. The second-order valence-electron chi connectivity index (χ2n) is 13.0. The molecular weight excluding hydrogens is 817 g/mol. The van der Waals surface area contributed by atoms with Gasteiger partial charge >= 0.3 is 47.6 Å². The minimum atomic E-state index is -8.68. The van der Waals surface area contributed by atoms with Crippen molar-refractivity contribution in [2.75, 3.05) is 13.2 Å². The van der Waals surface area contributed by atoms with Crippen LogP contribution in [0.3, 0.4) is 0 Å². The van der Waals surface area contributed by atoms with E-state index in [2.05, 4.69) is 0 Å². The van der Waals surface area contributed by atoms with Crippen molar-refractivity contribution in [2.24, 2.45) is 0 Å². The van der Waals surface area contributed by atoms with Crippen LogP contribution in [-0.4, -0.2) is 85.4 Å². The van der Waals surface area contributed by atoms with Crippen LogP contribution in [0.1, 0.15) is 65.0 Å². The summed E-state index contributed by atoms with van der Waals surface area (Å²) in [6.45, 7) is 4.43. The molecule has 0 bridgehead atoms. The lowest BCUT2D eigenvalue weighted by atomic mass is 9.88. The highest BCUT2D eigenvalue weighted by atomic mass is 28.4. The number of aliphatic hydroxyl groups is 1. The number of hydrogen-bond acceptors (Lipinski definition) is 5. The number of amides is 1. The summed E-state index contributed by atoms with van der Waals surface area (Å²) in [6.07, 6.45) is -7.64. The molecule has 0 aliphatic heterocycles. The number of hydroxylamine groups is 1. The van der Waals surface area contributed by atoms with Gasteiger partial charge < -0.3 is 14.3 Å². The van der Waals surface area contributed by atoms with Gasteiger partial charge in [-0.3, -0.25) is 10.0 Å². The average molecular weight is 856 g/mol. The maximum absolute atomic E-state index is 14.8. The number of alkyl halides is 17. The number of carbonyl (C=O) groups excluding carboxylic acids is 1. The summed E-state index contributed by atoms with van der Waals surface area (Å²) in [7, 11) is -3.94. The molecule has 1 rings (SSSR count). The summed E-state index contributed by atoms with van der Waals surface area (Å²) in [4.78, 5) is 10.9. The predicted molar refractivity (Wildman–Crippen MR) is 162 cm³/mol. The molecule has 0 spiro atoms. The molecule has 6 nitrogen and oxygen atoms in total. The minimum absolute atomic E-state index is 0.170. The lowest BCUT2D eigenvalue weighted by Gasteiger charge is -2.44. The Morgan fingerprint density at radius 1 is 0.727 bits per heavy atom. The Bertz CT molecular complexity index is 1410. The number of nitrogens with one attached hydrogen (secondary N) is 1. The summed E-state index contributed by atoms with van der Waals surface area (Å²) >= 11 is 0. The van der Waals surface area contributed by atoms with Crippen LogP contribution in [0, 0.1) is 0 Å². The molecule has 3 N–H and O–H groups in total. The molecule has 320 valence electrons. The molecule has 1 amide bonds. The zero-order valence-corrected chi connectivity index (χ0v) is 30.2. The highest BCUT2D eigenvalue weighted by molar-refractivity contribution is 6.76. The van der Waals surface area contributed by atoms with Crippen molar-refractivity contribution in [3.05, 3.63) is 42.0 Å². The maximum Gasteiger partial charge on any atom is 0.460 e. The first-order valence-electron chi connectivity index (χ1n) is 16.0. The number of halogens is 17. The predicted octanol–water partition coefficient (Wildman–Crippen LogP) is 10.5. The lowest BCUT2D eigenvalue weighted by Crippen LogP contribution is -2.74. The molecule has 1 atom stereocenters. The van der Waals surface area contributed by atoms with Gasteiger partial charge in [0.2, 0.25) is 0 Å². The van der Waals surface area contributed by atoms with Crippen LogP contribution in [-0.2, 0) is 9.22 Å². The number of allylic oxidation sites excluding steroid dienone is 1. The van der Waals surface area contributed by atoms with E-state index in [1.807, 2.05) is 0 Å². The largest absolute Gasteiger partial charge is 0.491 e. The third kappa shape index (κ3) is 10.00. The fourth-order valence-electron chi connectivity index (χ4n) is 5.36. The molecule has 0 radical (unpaired) electrons. The van der Waals surface area contributed by atoms with Gasteiger partial charge in [0.15, 0.2) is 8.32 Å². The minimum Gasteiger partial charge on any atom is -0.491 e. The fraction of sp³-hybridized carbons (Fsp3) is 0.710. The normalized spacial score (nSPS) is 15.3. The first kappa shape index (κ1) is 50.2. The monoisotopic (exact) mass is 855 g/mol. The molecule has 0 aliphatic carbocycles. The average Bonchev–Trinajstić information content (AvgIpc) is 3.06. The van der Waals surface area contributed by atoms with Crippen LogP contribution < -0.4 is 10.2 Å². The second kappa shape index (κ2) is 17.7. The van der Waals surface area contributed by atoms with Gasteiger partial charge in [0.1, 0.15) is 12.4 Å². The molecule has 0 saturated heterocycles. The SMILES string of the molecule is CC(C)[Si](CCC(F)(F)C(F)(F)C(F)(F)C(F)(F)C(F)(F)C(F)(F)C(F)(F)C(F)(F)F)(OCCOc1ccc([C@@H](O)CCC/C=C/C(=O)NO)cc1)C(C)C. The zero-order chi connectivity index (χ0) is 43.3. The second-order valence-corrected chi connectivity index (χ2v) is 18.0. The Hall–Kier alpha value is -2.86. The summed E-state index contributed by atoms with van der Waals surface area (Å²) in [5.74, 6) is -57.2. The summed E-state index contributed by atoms with van der Waals surface area (Å²) in [5.41, 5.74) is 0.147. The molecule has 0 fully saturated rings. The van der Waals surface area contributed by atoms with Crippen molar-refractivity contribution < 1.29 is 98.9 Å². The highest BCUT2D eigenvalue weighted by Gasteiger charge is 2.95. The Balaban J connectivity index is 3.14. The van der Waals surface area contributed by atoms with Gasteiger partial charge in [0.25, 0.3) is 5.91 Å². The van der Waals surface area contributed by atoms with Crippen molar-refractivity contribution in [2.45, 2.75) is 124 Å². The molecule has 55 heavy (non-hydrogen) atoms. The van der Waals surface area contributed by atoms with E-state index in [-0.39, 0.29) is 18.8 Å². The van der Waals surface area contributed by atoms with Gasteiger partial charge in [0.05, 0.1) is 12.7 Å². The Morgan fingerprint density at radius 3 is 1.62 bits per heavy atom. The van der Waals surface area contributed by atoms with Crippen LogP contribution >= 0.6 is 0 Å². The fourth-order valence-corrected chi connectivity index (χ4v) is 9.82. The van der Waals surface area contributed by atoms with E-state index in [9.17, 15) is 84.5 Å². The van der Waals surface area contributed by atoms with E-state index < -0.39 is 98.1 Å². The molecule has 0 aliphatic rings. The first-order chi connectivity index (χ1) is 24.7. The summed E-state index contributed by atoms with van der Waals surface area (Å²) in [5, 5.41) is 18.7. The number of benzene rings is 1. The highest BCUT2D eigenvalue weighted by Crippen LogP contribution is 2.64. The molecule has 0 saturated carbocycles. The van der Waals surface area contributed by atoms with Crippen molar-refractivity contribution in [1.29, 1.82) is 0 Å². The van der Waals surface area contributed by atoms with Gasteiger partial charge in [-0.25, -0.2) is 5.48 Å². The van der Waals surface area contributed by atoms with Gasteiger partial charge in [-0.1, -0.05) is 45.9 Å². The lowest BCUT2D eigenvalue weighted by molar-refractivity contribution is -0.461. The van der Waals surface area contributed by atoms with Crippen LogP contribution in [0.4, 0.5) is 74.6 Å². The quantitative estimate of drug-likeness (QED) is 0.0270. The topological polar surface area (TPSA) is 88.0 Å². The molecule has 0 heterocycles. The van der Waals surface area contributed by atoms with Crippen molar-refractivity contribution in [1.82, 2.24) is 5.48 Å². The van der Waals surface area contributed by atoms with Crippen LogP contribution in [0.25, 0.3) is 0 Å². The number of hydrogen-bond donors (Lipinski definition) is 3. The van der Waals surface area contributed by atoms with E-state index in [1.165, 1.54) is 63.5 Å². The molecule has 1 aromatic carbocycles. The third-order valence-electron chi connectivity index (χ3n) is 8.79. The number of carbonyl (C=O) groups is 1. The standard InChI is InChI=1S/C31H38F17NO5Si/c1-18(2)55(19(3)4,54-16-15-53-21-12-10-20(11-13-21)22(50)8-6-5-7-9-23(51)49-52)17-14-24(32,33)25(34,35)26(36,37)27(38,39)28(40,41)29(42,43)30(44,45)31(46,47)48/h7,9-13,18-19,22,50,52H,5-6,8,14-17H2,1-4H3,(H,49,51)/b9-7+/t22-/m0/s1. The zero-order valence-electron chi connectivity index (χ0n) is 29.2. The van der Waals surface area contributed by atoms with E-state index in [4.69, 9.17) is 14.4 Å².